The summed E-state index contributed by atoms with van der Waals surface area (Å²) in [5, 5.41) is 9.16. The van der Waals surface area contributed by atoms with E-state index < -0.39 is 5.97 Å². The first kappa shape index (κ1) is 18.0. The molecule has 4 heteroatoms. The fourth-order valence-electron chi connectivity index (χ4n) is 3.37. The molecule has 0 saturated heterocycles. The maximum atomic E-state index is 11.2. The van der Waals surface area contributed by atoms with Gasteiger partial charge in [-0.15, -0.1) is 0 Å². The summed E-state index contributed by atoms with van der Waals surface area (Å²) in [5.41, 5.74) is 1.48. The van der Waals surface area contributed by atoms with Gasteiger partial charge in [-0.3, -0.25) is 4.90 Å². The van der Waals surface area contributed by atoms with Crippen LogP contribution in [-0.4, -0.2) is 54.6 Å². The minimum absolute atomic E-state index is 0.382. The van der Waals surface area contributed by atoms with Crippen molar-refractivity contribution in [1.29, 1.82) is 0 Å². The van der Waals surface area contributed by atoms with Gasteiger partial charge in [0.2, 0.25) is 0 Å². The first-order chi connectivity index (χ1) is 11.0. The quantitative estimate of drug-likeness (QED) is 0.798. The Balaban J connectivity index is 2.00. The highest BCUT2D eigenvalue weighted by Gasteiger charge is 2.18. The predicted molar refractivity (Wildman–Crippen MR) is 93.8 cm³/mol. The van der Waals surface area contributed by atoms with Crippen LogP contribution in [-0.2, 0) is 6.54 Å². The molecule has 4 nitrogen and oxygen atoms in total. The Morgan fingerprint density at radius 2 is 1.91 bits per heavy atom. The minimum Gasteiger partial charge on any atom is -0.478 e. The lowest BCUT2D eigenvalue weighted by Gasteiger charge is -2.30. The van der Waals surface area contributed by atoms with Gasteiger partial charge in [0.25, 0.3) is 0 Å². The Hall–Kier alpha value is -1.39. The van der Waals surface area contributed by atoms with Crippen molar-refractivity contribution in [3.8, 4) is 0 Å². The van der Waals surface area contributed by atoms with Gasteiger partial charge in [-0.05, 0) is 50.6 Å². The molecule has 1 aliphatic carbocycles. The van der Waals surface area contributed by atoms with E-state index >= 15 is 0 Å². The highest BCUT2D eigenvalue weighted by atomic mass is 16.4. The third-order valence-electron chi connectivity index (χ3n) is 4.68. The van der Waals surface area contributed by atoms with Crippen molar-refractivity contribution in [3.63, 3.8) is 0 Å². The van der Waals surface area contributed by atoms with Gasteiger partial charge in [-0.1, -0.05) is 31.4 Å². The zero-order valence-electron chi connectivity index (χ0n) is 14.5. The van der Waals surface area contributed by atoms with Crippen LogP contribution in [0.2, 0.25) is 0 Å². The number of rotatable bonds is 8. The number of hydrogen-bond acceptors (Lipinski definition) is 3. The lowest BCUT2D eigenvalue weighted by Crippen LogP contribution is -2.35. The number of nitrogens with zero attached hydrogens (tertiary/aromatic N) is 2. The fraction of sp³-hybridized carbons (Fsp3) is 0.632. The molecule has 0 amide bonds. The zero-order valence-corrected chi connectivity index (χ0v) is 14.5. The van der Waals surface area contributed by atoms with Crippen molar-refractivity contribution >= 4 is 5.97 Å². The number of hydrogen-bond donors (Lipinski definition) is 1. The van der Waals surface area contributed by atoms with E-state index in [1.165, 1.54) is 32.1 Å². The average Bonchev–Trinajstić information content (AvgIpc) is 2.54. The molecule has 0 atom stereocenters. The molecule has 2 rings (SSSR count). The molecule has 128 valence electrons. The molecule has 1 aromatic carbocycles. The second kappa shape index (κ2) is 9.04. The van der Waals surface area contributed by atoms with Crippen molar-refractivity contribution in [1.82, 2.24) is 9.80 Å². The predicted octanol–water partition coefficient (Wildman–Crippen LogP) is 3.33. The summed E-state index contributed by atoms with van der Waals surface area (Å²) in [7, 11) is 4.20. The molecule has 1 N–H and O–H groups in total. The number of carbonyl (C=O) groups is 1. The summed E-state index contributed by atoms with van der Waals surface area (Å²) in [6.45, 7) is 4.03. The van der Waals surface area contributed by atoms with Crippen molar-refractivity contribution in [3.05, 3.63) is 35.4 Å². The molecule has 0 radical (unpaired) electrons. The monoisotopic (exact) mass is 318 g/mol. The highest BCUT2D eigenvalue weighted by molar-refractivity contribution is 5.87. The van der Waals surface area contributed by atoms with Gasteiger partial charge >= 0.3 is 5.97 Å². The van der Waals surface area contributed by atoms with Crippen LogP contribution in [0.1, 0.15) is 48.0 Å². The van der Waals surface area contributed by atoms with E-state index in [4.69, 9.17) is 5.11 Å². The molecule has 0 spiro atoms. The van der Waals surface area contributed by atoms with Gasteiger partial charge in [0, 0.05) is 26.2 Å². The van der Waals surface area contributed by atoms with Gasteiger partial charge in [0.15, 0.2) is 0 Å². The molecular formula is C19H30N2O2. The third-order valence-corrected chi connectivity index (χ3v) is 4.68. The molecule has 0 bridgehead atoms. The van der Waals surface area contributed by atoms with Crippen LogP contribution in [0.3, 0.4) is 0 Å². The molecule has 1 saturated carbocycles. The van der Waals surface area contributed by atoms with Gasteiger partial charge in [-0.25, -0.2) is 4.79 Å². The Labute approximate surface area is 140 Å². The van der Waals surface area contributed by atoms with Crippen molar-refractivity contribution in [2.24, 2.45) is 5.92 Å². The summed E-state index contributed by atoms with van der Waals surface area (Å²) in [6, 6.07) is 7.36. The summed E-state index contributed by atoms with van der Waals surface area (Å²) in [5.74, 6) is -0.0486. The van der Waals surface area contributed by atoms with Crippen LogP contribution >= 0.6 is 0 Å². The van der Waals surface area contributed by atoms with E-state index in [9.17, 15) is 4.79 Å². The van der Waals surface area contributed by atoms with Crippen LogP contribution in [0.15, 0.2) is 24.3 Å². The lowest BCUT2D eigenvalue weighted by atomic mass is 9.89. The smallest absolute Gasteiger partial charge is 0.335 e. The second-order valence-electron chi connectivity index (χ2n) is 7.05. The van der Waals surface area contributed by atoms with E-state index in [1.807, 2.05) is 18.2 Å². The number of aromatic carboxylic acids is 1. The van der Waals surface area contributed by atoms with Gasteiger partial charge in [0.05, 0.1) is 5.56 Å². The fourth-order valence-corrected chi connectivity index (χ4v) is 3.37. The summed E-state index contributed by atoms with van der Waals surface area (Å²) < 4.78 is 0. The van der Waals surface area contributed by atoms with Crippen molar-refractivity contribution in [2.45, 2.75) is 38.6 Å². The molecule has 1 fully saturated rings. The first-order valence-electron chi connectivity index (χ1n) is 8.74. The van der Waals surface area contributed by atoms with Crippen LogP contribution in [0.4, 0.5) is 0 Å². The Bertz CT molecular complexity index is 496. The highest BCUT2D eigenvalue weighted by Crippen LogP contribution is 2.25. The SMILES string of the molecule is CN(C)CCN(Cc1cccc(C(=O)O)c1)CC1CCCCC1. The van der Waals surface area contributed by atoms with Crippen molar-refractivity contribution < 1.29 is 9.90 Å². The Morgan fingerprint density at radius 1 is 1.17 bits per heavy atom. The zero-order chi connectivity index (χ0) is 16.7. The lowest BCUT2D eigenvalue weighted by molar-refractivity contribution is 0.0696. The molecule has 0 aromatic heterocycles. The maximum Gasteiger partial charge on any atom is 0.335 e. The summed E-state index contributed by atoms with van der Waals surface area (Å²) in [6.07, 6.45) is 6.79. The normalized spacial score (nSPS) is 16.2. The molecule has 0 heterocycles. The average molecular weight is 318 g/mol. The first-order valence-corrected chi connectivity index (χ1v) is 8.74. The number of carboxylic acids is 1. The number of carboxylic acid groups (broad SMARTS) is 1. The van der Waals surface area contributed by atoms with Crippen molar-refractivity contribution in [2.75, 3.05) is 33.7 Å². The van der Waals surface area contributed by atoms with Gasteiger partial charge in [0.1, 0.15) is 0 Å². The van der Waals surface area contributed by atoms with E-state index in [-0.39, 0.29) is 0 Å². The minimum atomic E-state index is -0.848. The van der Waals surface area contributed by atoms with Crippen LogP contribution in [0.25, 0.3) is 0 Å². The number of benzene rings is 1. The van der Waals surface area contributed by atoms with Gasteiger partial charge < -0.3 is 10.0 Å². The Morgan fingerprint density at radius 3 is 2.57 bits per heavy atom. The third kappa shape index (κ3) is 6.32. The topological polar surface area (TPSA) is 43.8 Å². The second-order valence-corrected chi connectivity index (χ2v) is 7.05. The molecular weight excluding hydrogens is 288 g/mol. The molecule has 23 heavy (non-hydrogen) atoms. The maximum absolute atomic E-state index is 11.2. The van der Waals surface area contributed by atoms with E-state index in [1.54, 1.807) is 6.07 Å². The number of likely N-dealkylation sites (N-methyl/N-ethyl adjacent to an activating group) is 1. The summed E-state index contributed by atoms with van der Waals surface area (Å²) in [4.78, 5) is 15.9. The van der Waals surface area contributed by atoms with E-state index in [2.05, 4.69) is 23.9 Å². The Kier molecular flexibility index (Phi) is 7.06. The molecule has 0 aliphatic heterocycles. The van der Waals surface area contributed by atoms with Crippen LogP contribution in [0.5, 0.6) is 0 Å². The van der Waals surface area contributed by atoms with Crippen LogP contribution < -0.4 is 0 Å². The summed E-state index contributed by atoms with van der Waals surface area (Å²) >= 11 is 0. The largest absolute Gasteiger partial charge is 0.478 e. The molecule has 0 unspecified atom stereocenters. The standard InChI is InChI=1S/C19H30N2O2/c1-20(2)11-12-21(14-16-7-4-3-5-8-16)15-17-9-6-10-18(13-17)19(22)23/h6,9-10,13,16H,3-5,7-8,11-12,14-15H2,1-2H3,(H,22,23). The van der Waals surface area contributed by atoms with E-state index in [0.29, 0.717) is 5.56 Å². The van der Waals surface area contributed by atoms with E-state index in [0.717, 1.165) is 37.7 Å². The van der Waals surface area contributed by atoms with Crippen LogP contribution in [0, 0.1) is 5.92 Å². The molecule has 1 aromatic rings. The van der Waals surface area contributed by atoms with Gasteiger partial charge in [-0.2, -0.15) is 0 Å². The molecule has 1 aliphatic rings.